The molecule has 0 aliphatic heterocycles. The molecule has 0 saturated heterocycles. The molecule has 23 heavy (non-hydrogen) atoms. The zero-order valence-corrected chi connectivity index (χ0v) is 12.7. The van der Waals surface area contributed by atoms with Crippen LogP contribution in [0.1, 0.15) is 11.1 Å². The Kier molecular flexibility index (Phi) is 4.38. The lowest BCUT2D eigenvalue weighted by atomic mass is 10.0. The van der Waals surface area contributed by atoms with Crippen LogP contribution in [-0.4, -0.2) is 0 Å². The molecule has 0 amide bonds. The van der Waals surface area contributed by atoms with Gasteiger partial charge in [0.15, 0.2) is 11.6 Å². The fourth-order valence-electron chi connectivity index (χ4n) is 2.30. The Labute approximate surface area is 134 Å². The molecule has 3 aromatic rings. The third-order valence-corrected chi connectivity index (χ3v) is 3.65. The van der Waals surface area contributed by atoms with Gasteiger partial charge in [-0.2, -0.15) is 4.39 Å². The Morgan fingerprint density at radius 1 is 0.783 bits per heavy atom. The molecule has 0 aliphatic rings. The van der Waals surface area contributed by atoms with Crippen molar-refractivity contribution in [3.8, 4) is 16.9 Å². The highest BCUT2D eigenvalue weighted by Gasteiger charge is 2.08. The molecule has 0 heterocycles. The Morgan fingerprint density at radius 3 is 2.04 bits per heavy atom. The van der Waals surface area contributed by atoms with Gasteiger partial charge in [0.2, 0.25) is 5.82 Å². The first-order valence-electron chi connectivity index (χ1n) is 7.36. The molecular formula is C20H16F2O. The van der Waals surface area contributed by atoms with Crippen LogP contribution >= 0.6 is 0 Å². The van der Waals surface area contributed by atoms with Crippen molar-refractivity contribution in [3.05, 3.63) is 89.5 Å². The molecule has 3 heteroatoms. The second-order valence-electron chi connectivity index (χ2n) is 5.40. The first kappa shape index (κ1) is 15.2. The zero-order chi connectivity index (χ0) is 16.2. The quantitative estimate of drug-likeness (QED) is 0.616. The van der Waals surface area contributed by atoms with Gasteiger partial charge < -0.3 is 4.74 Å². The van der Waals surface area contributed by atoms with E-state index in [1.54, 1.807) is 0 Å². The molecule has 0 bridgehead atoms. The maximum Gasteiger partial charge on any atom is 0.200 e. The highest BCUT2D eigenvalue weighted by Crippen LogP contribution is 2.22. The minimum atomic E-state index is -0.955. The molecule has 0 atom stereocenters. The van der Waals surface area contributed by atoms with E-state index in [0.29, 0.717) is 0 Å². The summed E-state index contributed by atoms with van der Waals surface area (Å²) in [5, 5.41) is 0. The number of benzene rings is 3. The summed E-state index contributed by atoms with van der Waals surface area (Å²) in [6, 6.07) is 20.0. The van der Waals surface area contributed by atoms with E-state index >= 15 is 0 Å². The molecule has 3 aromatic carbocycles. The summed E-state index contributed by atoms with van der Waals surface area (Å²) in [5.74, 6) is -1.94. The summed E-state index contributed by atoms with van der Waals surface area (Å²) in [4.78, 5) is 0. The van der Waals surface area contributed by atoms with Crippen molar-refractivity contribution in [1.82, 2.24) is 0 Å². The Morgan fingerprint density at radius 2 is 1.39 bits per heavy atom. The molecule has 0 spiro atoms. The predicted molar refractivity (Wildman–Crippen MR) is 87.3 cm³/mol. The average molecular weight is 310 g/mol. The van der Waals surface area contributed by atoms with E-state index in [-0.39, 0.29) is 12.4 Å². The number of halogens is 2. The molecule has 0 unspecified atom stereocenters. The smallest absolute Gasteiger partial charge is 0.200 e. The van der Waals surface area contributed by atoms with Crippen molar-refractivity contribution >= 4 is 0 Å². The van der Waals surface area contributed by atoms with Gasteiger partial charge in [0.1, 0.15) is 6.61 Å². The van der Waals surface area contributed by atoms with Crippen LogP contribution in [0.5, 0.6) is 5.75 Å². The van der Waals surface area contributed by atoms with Gasteiger partial charge >= 0.3 is 0 Å². The van der Waals surface area contributed by atoms with Gasteiger partial charge in [0.05, 0.1) is 0 Å². The molecule has 0 radical (unpaired) electrons. The molecule has 0 aliphatic carbocycles. The lowest BCUT2D eigenvalue weighted by Gasteiger charge is -2.08. The molecule has 0 fully saturated rings. The van der Waals surface area contributed by atoms with Gasteiger partial charge in [-0.05, 0) is 35.7 Å². The maximum atomic E-state index is 13.5. The topological polar surface area (TPSA) is 9.23 Å². The first-order valence-corrected chi connectivity index (χ1v) is 7.36. The number of aryl methyl sites for hydroxylation is 1. The van der Waals surface area contributed by atoms with Crippen LogP contribution < -0.4 is 4.74 Å². The van der Waals surface area contributed by atoms with E-state index in [9.17, 15) is 8.78 Å². The van der Waals surface area contributed by atoms with Crippen LogP contribution in [0, 0.1) is 18.6 Å². The van der Waals surface area contributed by atoms with Gasteiger partial charge in [0.25, 0.3) is 0 Å². The van der Waals surface area contributed by atoms with E-state index in [1.807, 2.05) is 24.3 Å². The SMILES string of the molecule is Cc1ccc(-c2ccc(COc3cccc(F)c3F)cc2)cc1. The fraction of sp³-hybridized carbons (Fsp3) is 0.100. The van der Waals surface area contributed by atoms with Crippen molar-refractivity contribution in [3.63, 3.8) is 0 Å². The minimum absolute atomic E-state index is 0.0763. The summed E-state index contributed by atoms with van der Waals surface area (Å²) in [6.45, 7) is 2.24. The predicted octanol–water partition coefficient (Wildman–Crippen LogP) is 5.52. The molecule has 1 nitrogen and oxygen atoms in total. The van der Waals surface area contributed by atoms with E-state index in [1.165, 1.54) is 17.7 Å². The zero-order valence-electron chi connectivity index (χ0n) is 12.7. The minimum Gasteiger partial charge on any atom is -0.486 e. The number of hydrogen-bond acceptors (Lipinski definition) is 1. The van der Waals surface area contributed by atoms with Crippen LogP contribution in [0.4, 0.5) is 8.78 Å². The van der Waals surface area contributed by atoms with Gasteiger partial charge in [-0.3, -0.25) is 0 Å². The lowest BCUT2D eigenvalue weighted by molar-refractivity contribution is 0.284. The highest BCUT2D eigenvalue weighted by molar-refractivity contribution is 5.63. The third kappa shape index (κ3) is 3.57. The Balaban J connectivity index is 1.70. The van der Waals surface area contributed by atoms with Crippen molar-refractivity contribution in [2.24, 2.45) is 0 Å². The van der Waals surface area contributed by atoms with E-state index in [4.69, 9.17) is 4.74 Å². The summed E-state index contributed by atoms with van der Waals surface area (Å²) in [5.41, 5.74) is 4.35. The van der Waals surface area contributed by atoms with Gasteiger partial charge in [0, 0.05) is 0 Å². The maximum absolute atomic E-state index is 13.5. The summed E-state index contributed by atoms with van der Waals surface area (Å²) in [6.07, 6.45) is 0. The van der Waals surface area contributed by atoms with Crippen molar-refractivity contribution < 1.29 is 13.5 Å². The molecule has 0 saturated carbocycles. The standard InChI is InChI=1S/C20H16F2O/c1-14-5-9-16(10-6-14)17-11-7-15(8-12-17)13-23-19-4-2-3-18(21)20(19)22/h2-12H,13H2,1H3. The van der Waals surface area contributed by atoms with Crippen LogP contribution in [0.3, 0.4) is 0 Å². The highest BCUT2D eigenvalue weighted by atomic mass is 19.2. The normalized spacial score (nSPS) is 10.6. The second-order valence-corrected chi connectivity index (χ2v) is 5.40. The molecule has 0 N–H and O–H groups in total. The molecule has 0 aromatic heterocycles. The molecule has 116 valence electrons. The van der Waals surface area contributed by atoms with Gasteiger partial charge in [-0.25, -0.2) is 4.39 Å². The number of ether oxygens (including phenoxy) is 1. The average Bonchev–Trinajstić information content (AvgIpc) is 2.57. The fourth-order valence-corrected chi connectivity index (χ4v) is 2.30. The van der Waals surface area contributed by atoms with Crippen LogP contribution in [-0.2, 0) is 6.61 Å². The summed E-state index contributed by atoms with van der Waals surface area (Å²) >= 11 is 0. The first-order chi connectivity index (χ1) is 11.1. The van der Waals surface area contributed by atoms with E-state index < -0.39 is 11.6 Å². The monoisotopic (exact) mass is 310 g/mol. The van der Waals surface area contributed by atoms with Crippen molar-refractivity contribution in [2.75, 3.05) is 0 Å². The van der Waals surface area contributed by atoms with Gasteiger partial charge in [-0.1, -0.05) is 60.2 Å². The van der Waals surface area contributed by atoms with Crippen LogP contribution in [0.15, 0.2) is 66.7 Å². The Bertz CT molecular complexity index is 793. The third-order valence-electron chi connectivity index (χ3n) is 3.65. The van der Waals surface area contributed by atoms with Crippen molar-refractivity contribution in [2.45, 2.75) is 13.5 Å². The van der Waals surface area contributed by atoms with Gasteiger partial charge in [-0.15, -0.1) is 0 Å². The van der Waals surface area contributed by atoms with E-state index in [0.717, 1.165) is 22.8 Å². The second kappa shape index (κ2) is 6.61. The number of rotatable bonds is 4. The lowest BCUT2D eigenvalue weighted by Crippen LogP contribution is -1.98. The summed E-state index contributed by atoms with van der Waals surface area (Å²) in [7, 11) is 0. The molecular weight excluding hydrogens is 294 g/mol. The van der Waals surface area contributed by atoms with Crippen LogP contribution in [0.25, 0.3) is 11.1 Å². The van der Waals surface area contributed by atoms with E-state index in [2.05, 4.69) is 31.2 Å². The van der Waals surface area contributed by atoms with Crippen molar-refractivity contribution in [1.29, 1.82) is 0 Å². The summed E-state index contributed by atoms with van der Waals surface area (Å²) < 4.78 is 32.0. The number of hydrogen-bond donors (Lipinski definition) is 0. The molecule has 3 rings (SSSR count). The largest absolute Gasteiger partial charge is 0.486 e. The van der Waals surface area contributed by atoms with Crippen LogP contribution in [0.2, 0.25) is 0 Å². The Hall–Kier alpha value is -2.68.